The van der Waals surface area contributed by atoms with Crippen molar-refractivity contribution in [3.8, 4) is 0 Å². The zero-order chi connectivity index (χ0) is 10.1. The number of hydrogen-bond acceptors (Lipinski definition) is 4. The molecule has 78 valence electrons. The monoisotopic (exact) mass is 190 g/mol. The Labute approximate surface area is 78.3 Å². The zero-order valence-corrected chi connectivity index (χ0v) is 8.41. The molecule has 0 amide bonds. The first-order valence-electron chi connectivity index (χ1n) is 4.59. The molecule has 0 aromatic rings. The van der Waals surface area contributed by atoms with Crippen LogP contribution >= 0.6 is 0 Å². The summed E-state index contributed by atoms with van der Waals surface area (Å²) in [6.07, 6.45) is 1.95. The number of hydrogen-bond donors (Lipinski definition) is 2. The lowest BCUT2D eigenvalue weighted by atomic mass is 9.79. The molecule has 1 rings (SSSR count). The molecule has 0 radical (unpaired) electrons. The molecule has 0 aromatic heterocycles. The van der Waals surface area contributed by atoms with E-state index in [2.05, 4.69) is 30.5 Å². The fourth-order valence-corrected chi connectivity index (χ4v) is 1.90. The first kappa shape index (κ1) is 10.9. The van der Waals surface area contributed by atoms with Gasteiger partial charge in [0.2, 0.25) is 5.79 Å². The lowest BCUT2D eigenvalue weighted by Gasteiger charge is -2.28. The third-order valence-electron chi connectivity index (χ3n) is 2.99. The maximum absolute atomic E-state index is 8.62. The van der Waals surface area contributed by atoms with Gasteiger partial charge in [0.1, 0.15) is 0 Å². The second-order valence-electron chi connectivity index (χ2n) is 4.90. The van der Waals surface area contributed by atoms with Gasteiger partial charge in [-0.15, -0.1) is 0 Å². The van der Waals surface area contributed by atoms with Crippen molar-refractivity contribution in [3.05, 3.63) is 0 Å². The summed E-state index contributed by atoms with van der Waals surface area (Å²) in [5.41, 5.74) is 0.152. The Morgan fingerprint density at radius 1 is 1.23 bits per heavy atom. The van der Waals surface area contributed by atoms with E-state index < -0.39 is 5.79 Å². The molecule has 0 aromatic carbocycles. The van der Waals surface area contributed by atoms with Gasteiger partial charge in [0.25, 0.3) is 0 Å². The third-order valence-corrected chi connectivity index (χ3v) is 2.99. The molecule has 0 heterocycles. The summed E-state index contributed by atoms with van der Waals surface area (Å²) in [6, 6.07) is 0. The van der Waals surface area contributed by atoms with Crippen molar-refractivity contribution in [2.24, 2.45) is 11.3 Å². The van der Waals surface area contributed by atoms with Crippen molar-refractivity contribution < 1.29 is 20.3 Å². The van der Waals surface area contributed by atoms with E-state index in [-0.39, 0.29) is 5.41 Å². The first-order chi connectivity index (χ1) is 5.93. The average Bonchev–Trinajstić information content (AvgIpc) is 2.48. The van der Waals surface area contributed by atoms with E-state index in [0.29, 0.717) is 18.8 Å². The molecule has 0 bridgehead atoms. The van der Waals surface area contributed by atoms with Crippen LogP contribution in [0.4, 0.5) is 0 Å². The Balaban J connectivity index is 2.62. The molecule has 0 saturated heterocycles. The smallest absolute Gasteiger partial charge is 0.233 e. The minimum Gasteiger partial charge on any atom is -0.249 e. The fraction of sp³-hybridized carbons (Fsp3) is 1.00. The van der Waals surface area contributed by atoms with Crippen LogP contribution in [0.15, 0.2) is 0 Å². The Morgan fingerprint density at radius 2 is 1.77 bits per heavy atom. The highest BCUT2D eigenvalue weighted by Crippen LogP contribution is 2.45. The molecule has 0 spiro atoms. The van der Waals surface area contributed by atoms with Gasteiger partial charge < -0.3 is 0 Å². The van der Waals surface area contributed by atoms with Gasteiger partial charge in [0.05, 0.1) is 0 Å². The topological polar surface area (TPSA) is 58.9 Å². The second-order valence-corrected chi connectivity index (χ2v) is 4.90. The van der Waals surface area contributed by atoms with Crippen molar-refractivity contribution in [2.45, 2.75) is 45.8 Å². The summed E-state index contributed by atoms with van der Waals surface area (Å²) in [5, 5.41) is 17.2. The van der Waals surface area contributed by atoms with E-state index in [0.717, 1.165) is 6.42 Å². The van der Waals surface area contributed by atoms with Crippen molar-refractivity contribution in [1.29, 1.82) is 0 Å². The van der Waals surface area contributed by atoms with Gasteiger partial charge in [-0.2, -0.15) is 0 Å². The average molecular weight is 190 g/mol. The molecule has 13 heavy (non-hydrogen) atoms. The van der Waals surface area contributed by atoms with Crippen LogP contribution in [0.3, 0.4) is 0 Å². The molecule has 1 aliphatic carbocycles. The minimum atomic E-state index is -1.18. The van der Waals surface area contributed by atoms with E-state index >= 15 is 0 Å². The second kappa shape index (κ2) is 3.53. The van der Waals surface area contributed by atoms with Crippen LogP contribution in [0.5, 0.6) is 0 Å². The molecule has 1 fully saturated rings. The summed E-state index contributed by atoms with van der Waals surface area (Å²) >= 11 is 0. The molecule has 1 aliphatic rings. The third kappa shape index (κ3) is 2.20. The van der Waals surface area contributed by atoms with Crippen molar-refractivity contribution in [2.75, 3.05) is 0 Å². The van der Waals surface area contributed by atoms with Gasteiger partial charge in [-0.05, 0) is 17.8 Å². The highest BCUT2D eigenvalue weighted by molar-refractivity contribution is 4.88. The maximum Gasteiger partial charge on any atom is 0.233 e. The highest BCUT2D eigenvalue weighted by Gasteiger charge is 2.46. The molecule has 1 atom stereocenters. The maximum atomic E-state index is 8.62. The van der Waals surface area contributed by atoms with Crippen LogP contribution in [0.2, 0.25) is 0 Å². The summed E-state index contributed by atoms with van der Waals surface area (Å²) in [6.45, 7) is 6.38. The molecule has 4 nitrogen and oxygen atoms in total. The predicted molar refractivity (Wildman–Crippen MR) is 47.0 cm³/mol. The molecule has 1 saturated carbocycles. The summed E-state index contributed by atoms with van der Waals surface area (Å²) in [4.78, 5) is 8.40. The van der Waals surface area contributed by atoms with E-state index in [1.165, 1.54) is 0 Å². The van der Waals surface area contributed by atoms with E-state index in [1.54, 1.807) is 0 Å². The van der Waals surface area contributed by atoms with Crippen LogP contribution in [-0.4, -0.2) is 16.3 Å². The van der Waals surface area contributed by atoms with Gasteiger partial charge in [-0.1, -0.05) is 20.8 Å². The summed E-state index contributed by atoms with van der Waals surface area (Å²) < 4.78 is 0. The normalized spacial score (nSPS) is 27.9. The van der Waals surface area contributed by atoms with Crippen LogP contribution in [0, 0.1) is 11.3 Å². The van der Waals surface area contributed by atoms with Crippen molar-refractivity contribution in [1.82, 2.24) is 0 Å². The standard InChI is InChI=1S/C9H18O4/c1-8(2,3)7-4-5-9(6-7,12-10)13-11/h7,10-11H,4-6H2,1-3H3. The van der Waals surface area contributed by atoms with Crippen LogP contribution in [-0.2, 0) is 9.78 Å². The lowest BCUT2D eigenvalue weighted by molar-refractivity contribution is -0.485. The molecule has 1 unspecified atom stereocenters. The molecule has 2 N–H and O–H groups in total. The van der Waals surface area contributed by atoms with Crippen LogP contribution in [0.25, 0.3) is 0 Å². The summed E-state index contributed by atoms with van der Waals surface area (Å²) in [5.74, 6) is -0.787. The van der Waals surface area contributed by atoms with Crippen molar-refractivity contribution >= 4 is 0 Å². The minimum absolute atomic E-state index is 0.152. The van der Waals surface area contributed by atoms with E-state index in [4.69, 9.17) is 10.5 Å². The van der Waals surface area contributed by atoms with Gasteiger partial charge in [-0.25, -0.2) is 20.3 Å². The highest BCUT2D eigenvalue weighted by atomic mass is 17.2. The van der Waals surface area contributed by atoms with Gasteiger partial charge in [-0.3, -0.25) is 0 Å². The van der Waals surface area contributed by atoms with Gasteiger partial charge in [0.15, 0.2) is 0 Å². The Bertz CT molecular complexity index is 169. The Hall–Kier alpha value is -0.160. The predicted octanol–water partition coefficient (Wildman–Crippen LogP) is 2.51. The molecular weight excluding hydrogens is 172 g/mol. The Morgan fingerprint density at radius 3 is 2.00 bits per heavy atom. The quantitative estimate of drug-likeness (QED) is 0.399. The summed E-state index contributed by atoms with van der Waals surface area (Å²) in [7, 11) is 0. The van der Waals surface area contributed by atoms with Gasteiger partial charge >= 0.3 is 0 Å². The van der Waals surface area contributed by atoms with Gasteiger partial charge in [0, 0.05) is 12.8 Å². The SMILES string of the molecule is CC(C)(C)C1CCC(OO)(OO)C1. The lowest BCUT2D eigenvalue weighted by Crippen LogP contribution is -2.32. The largest absolute Gasteiger partial charge is 0.249 e. The fourth-order valence-electron chi connectivity index (χ4n) is 1.90. The van der Waals surface area contributed by atoms with E-state index in [9.17, 15) is 0 Å². The first-order valence-corrected chi connectivity index (χ1v) is 4.59. The number of rotatable bonds is 2. The van der Waals surface area contributed by atoms with E-state index in [1.807, 2.05) is 0 Å². The van der Waals surface area contributed by atoms with Crippen LogP contribution in [0.1, 0.15) is 40.0 Å². The van der Waals surface area contributed by atoms with Crippen LogP contribution < -0.4 is 0 Å². The zero-order valence-electron chi connectivity index (χ0n) is 8.41. The Kier molecular flexibility index (Phi) is 2.97. The molecule has 0 aliphatic heterocycles. The molecule has 4 heteroatoms. The van der Waals surface area contributed by atoms with Crippen molar-refractivity contribution in [3.63, 3.8) is 0 Å². The molecular formula is C9H18O4.